The van der Waals surface area contributed by atoms with Gasteiger partial charge in [-0.2, -0.15) is 4.41 Å². The summed E-state index contributed by atoms with van der Waals surface area (Å²) in [4.78, 5) is 53.4. The van der Waals surface area contributed by atoms with E-state index in [1.165, 1.54) is 30.3 Å². The maximum atomic E-state index is 12.1. The Morgan fingerprint density at radius 2 is 1.81 bits per heavy atom. The fourth-order valence-corrected chi connectivity index (χ4v) is 3.08. The van der Waals surface area contributed by atoms with Crippen LogP contribution in [0.3, 0.4) is 0 Å². The molecule has 2 aromatic rings. The van der Waals surface area contributed by atoms with E-state index < -0.39 is 28.1 Å². The van der Waals surface area contributed by atoms with Crippen molar-refractivity contribution in [2.75, 3.05) is 4.41 Å². The number of aldehydes is 1. The summed E-state index contributed by atoms with van der Waals surface area (Å²) in [6, 6.07) is 7.75. The quantitative estimate of drug-likeness (QED) is 0.156. The number of benzene rings is 1. The third-order valence-electron chi connectivity index (χ3n) is 3.89. The summed E-state index contributed by atoms with van der Waals surface area (Å²) in [7, 11) is -5.14. The number of carbonyl (C=O) groups excluding carboxylic acids is 4. The van der Waals surface area contributed by atoms with Crippen LogP contribution in [0.15, 0.2) is 47.7 Å². The van der Waals surface area contributed by atoms with Gasteiger partial charge < -0.3 is 14.4 Å². The minimum Gasteiger partial charge on any atom is -0.729 e. The van der Waals surface area contributed by atoms with Crippen molar-refractivity contribution < 1.29 is 66.5 Å². The van der Waals surface area contributed by atoms with Crippen LogP contribution in [0.4, 0.5) is 5.69 Å². The number of amides is 2. The molecule has 1 aliphatic rings. The molecule has 1 fully saturated rings. The first-order valence-corrected chi connectivity index (χ1v) is 9.69. The predicted molar refractivity (Wildman–Crippen MR) is 96.9 cm³/mol. The molecule has 0 aliphatic carbocycles. The van der Waals surface area contributed by atoms with Crippen molar-refractivity contribution >= 4 is 40.1 Å². The zero-order valence-corrected chi connectivity index (χ0v) is 18.9. The Hall–Kier alpha value is -2.84. The summed E-state index contributed by atoms with van der Waals surface area (Å²) < 4.78 is 35.0. The van der Waals surface area contributed by atoms with E-state index in [2.05, 4.69) is 10.1 Å². The van der Waals surface area contributed by atoms with Crippen molar-refractivity contribution in [3.05, 3.63) is 59.2 Å². The molecule has 1 aromatic heterocycles. The number of para-hydroxylation sites is 1. The van der Waals surface area contributed by atoms with Crippen LogP contribution in [0, 0.1) is 0 Å². The zero-order chi connectivity index (χ0) is 21.9. The van der Waals surface area contributed by atoms with Gasteiger partial charge in [-0.3, -0.25) is 14.4 Å². The number of aromatic nitrogens is 1. The summed E-state index contributed by atoms with van der Waals surface area (Å²) in [5.41, 5.74) is -0.600. The minimum atomic E-state index is -5.14. The molecule has 156 valence electrons. The fraction of sp³-hybridized carbons (Fsp3) is 0.118. The van der Waals surface area contributed by atoms with E-state index in [0.29, 0.717) is 11.3 Å². The molecule has 0 atom stereocenters. The maximum absolute atomic E-state index is 12.1. The van der Waals surface area contributed by atoms with Crippen molar-refractivity contribution in [2.45, 2.75) is 12.8 Å². The summed E-state index contributed by atoms with van der Waals surface area (Å²) >= 11 is 0. The number of hydrogen-bond donors (Lipinski definition) is 1. The number of H-pyrrole nitrogens is 1. The van der Waals surface area contributed by atoms with Crippen LogP contribution in [0.2, 0.25) is 0 Å². The Labute approximate surface area is 197 Å². The van der Waals surface area contributed by atoms with E-state index in [0.717, 1.165) is 12.3 Å². The molecule has 14 heteroatoms. The van der Waals surface area contributed by atoms with Crippen LogP contribution < -0.4 is 39.5 Å². The van der Waals surface area contributed by atoms with Gasteiger partial charge in [0, 0.05) is 24.6 Å². The number of carbonyl (C=O) groups is 4. The Balaban J connectivity index is 0.00000341. The molecule has 1 aromatic carbocycles. The Morgan fingerprint density at radius 1 is 1.16 bits per heavy atom. The molecule has 2 heterocycles. The van der Waals surface area contributed by atoms with Gasteiger partial charge in [0.05, 0.1) is 11.3 Å². The molecule has 31 heavy (non-hydrogen) atoms. The van der Waals surface area contributed by atoms with Crippen LogP contribution in [0.5, 0.6) is 0 Å². The van der Waals surface area contributed by atoms with Crippen LogP contribution in [-0.2, 0) is 24.7 Å². The van der Waals surface area contributed by atoms with Gasteiger partial charge in [-0.1, -0.05) is 12.1 Å². The molecule has 1 aliphatic heterocycles. The first kappa shape index (κ1) is 24.4. The molecule has 0 saturated carbocycles. The second-order valence-electron chi connectivity index (χ2n) is 5.90. The average molecular weight is 456 g/mol. The molecule has 0 bridgehead atoms. The van der Waals surface area contributed by atoms with Gasteiger partial charge in [-0.05, 0) is 24.3 Å². The zero-order valence-electron chi connectivity index (χ0n) is 16.0. The SMILES string of the molecule is O=Cc1ccccc1N(N=c1ccc(C(=O)ON2C(=O)CCC2=O)c[nH]1)S(=O)(=O)[O-].[Na+]. The van der Waals surface area contributed by atoms with Gasteiger partial charge in [0.2, 0.25) is 10.3 Å². The maximum Gasteiger partial charge on any atom is 1.00 e. The number of hydroxylamine groups is 2. The molecular formula is C17H13N4NaO8S. The molecule has 1 N–H and O–H groups in total. The molecule has 1 saturated heterocycles. The Bertz CT molecular complexity index is 1170. The molecule has 2 amide bonds. The Kier molecular flexibility index (Phi) is 7.86. The van der Waals surface area contributed by atoms with Crippen LogP contribution >= 0.6 is 0 Å². The van der Waals surface area contributed by atoms with Crippen molar-refractivity contribution in [1.82, 2.24) is 10.0 Å². The number of nitrogens with one attached hydrogen (secondary N) is 1. The van der Waals surface area contributed by atoms with E-state index in [1.54, 1.807) is 0 Å². The molecular weight excluding hydrogens is 443 g/mol. The molecule has 0 radical (unpaired) electrons. The van der Waals surface area contributed by atoms with Gasteiger partial charge in [0.25, 0.3) is 11.8 Å². The van der Waals surface area contributed by atoms with Crippen LogP contribution in [-0.4, -0.2) is 47.1 Å². The summed E-state index contributed by atoms with van der Waals surface area (Å²) in [6.07, 6.45) is 1.33. The average Bonchev–Trinajstić information content (AvgIpc) is 3.03. The van der Waals surface area contributed by atoms with E-state index >= 15 is 0 Å². The van der Waals surface area contributed by atoms with Crippen LogP contribution in [0.25, 0.3) is 0 Å². The van der Waals surface area contributed by atoms with Crippen LogP contribution in [0.1, 0.15) is 33.6 Å². The van der Waals surface area contributed by atoms with Gasteiger partial charge >= 0.3 is 35.5 Å². The molecule has 12 nitrogen and oxygen atoms in total. The number of nitrogens with zero attached hydrogens (tertiary/aromatic N) is 3. The van der Waals surface area contributed by atoms with Crippen molar-refractivity contribution in [1.29, 1.82) is 0 Å². The normalized spacial score (nSPS) is 14.2. The van der Waals surface area contributed by atoms with E-state index in [-0.39, 0.29) is 69.1 Å². The Morgan fingerprint density at radius 3 is 2.35 bits per heavy atom. The van der Waals surface area contributed by atoms with Gasteiger partial charge in [-0.25, -0.2) is 13.2 Å². The third-order valence-corrected chi connectivity index (χ3v) is 4.59. The van der Waals surface area contributed by atoms with Gasteiger partial charge in [0.15, 0.2) is 11.8 Å². The first-order chi connectivity index (χ1) is 14.2. The summed E-state index contributed by atoms with van der Waals surface area (Å²) in [6.45, 7) is 0. The van der Waals surface area contributed by atoms with Gasteiger partial charge in [-0.15, -0.1) is 10.2 Å². The number of hydrogen-bond acceptors (Lipinski definition) is 9. The van der Waals surface area contributed by atoms with Crippen molar-refractivity contribution in [3.8, 4) is 0 Å². The predicted octanol–water partition coefficient (Wildman–Crippen LogP) is -3.17. The largest absolute Gasteiger partial charge is 1.00 e. The topological polar surface area (TPSA) is 169 Å². The number of pyridine rings is 1. The summed E-state index contributed by atoms with van der Waals surface area (Å²) in [5, 5.41) is 4.06. The first-order valence-electron chi connectivity index (χ1n) is 8.32. The second-order valence-corrected chi connectivity index (χ2v) is 7.10. The second kappa shape index (κ2) is 9.98. The standard InChI is InChI=1S/C17H14N4O8S.Na/c22-10-12-3-1-2-4-13(12)21(30(26,27)28)19-14-6-5-11(9-18-14)17(25)29-20-15(23)7-8-16(20)24;/h1-6,9-10H,7-8H2,(H,18,19)(H,26,27,28);/q;+1/p-1. The van der Waals surface area contributed by atoms with E-state index in [1.807, 2.05) is 0 Å². The van der Waals surface area contributed by atoms with Crippen molar-refractivity contribution in [2.24, 2.45) is 5.10 Å². The van der Waals surface area contributed by atoms with Gasteiger partial charge in [0.1, 0.15) is 0 Å². The number of imide groups is 1. The van der Waals surface area contributed by atoms with Crippen molar-refractivity contribution in [3.63, 3.8) is 0 Å². The number of anilines is 1. The number of rotatable bonds is 6. The molecule has 0 spiro atoms. The monoisotopic (exact) mass is 456 g/mol. The fourth-order valence-electron chi connectivity index (χ4n) is 2.48. The molecule has 3 rings (SSSR count). The number of aromatic amines is 1. The minimum absolute atomic E-state index is 0. The smallest absolute Gasteiger partial charge is 0.729 e. The van der Waals surface area contributed by atoms with E-state index in [9.17, 15) is 32.1 Å². The van der Waals surface area contributed by atoms with E-state index in [4.69, 9.17) is 4.84 Å². The molecule has 0 unspecified atom stereocenters. The third kappa shape index (κ3) is 5.65. The summed E-state index contributed by atoms with van der Waals surface area (Å²) in [5.74, 6) is -2.30.